The number of nitrogen functional groups attached to an aromatic ring is 1. The Kier molecular flexibility index (Phi) is 2.50. The summed E-state index contributed by atoms with van der Waals surface area (Å²) in [5.74, 6) is 6.31. The zero-order valence-corrected chi connectivity index (χ0v) is 9.56. The van der Waals surface area contributed by atoms with Crippen LogP contribution in [0.15, 0.2) is 18.2 Å². The van der Waals surface area contributed by atoms with Gasteiger partial charge in [0.2, 0.25) is 4.77 Å². The van der Waals surface area contributed by atoms with E-state index in [0.29, 0.717) is 10.6 Å². The van der Waals surface area contributed by atoms with Gasteiger partial charge >= 0.3 is 0 Å². The maximum Gasteiger partial charge on any atom is 0.214 e. The number of nitrogens with zero attached hydrogens (tertiary/aromatic N) is 2. The number of nitrogens with two attached hydrogens (primary N) is 1. The highest BCUT2D eigenvalue weighted by molar-refractivity contribution is 7.71. The van der Waals surface area contributed by atoms with Crippen molar-refractivity contribution in [2.24, 2.45) is 0 Å². The molecule has 0 unspecified atom stereocenters. The van der Waals surface area contributed by atoms with Crippen LogP contribution in [0.25, 0.3) is 11.4 Å². The minimum absolute atomic E-state index is 0.387. The molecule has 1 aromatic heterocycles. The molecular weight excluding hydrogens is 232 g/mol. The number of hydrogen-bond donors (Lipinski definition) is 2. The Morgan fingerprint density at radius 2 is 2.27 bits per heavy atom. The summed E-state index contributed by atoms with van der Waals surface area (Å²) in [6, 6.07) is 5.57. The summed E-state index contributed by atoms with van der Waals surface area (Å²) in [7, 11) is 0. The summed E-state index contributed by atoms with van der Waals surface area (Å²) < 4.78 is 1.72. The van der Waals surface area contributed by atoms with Gasteiger partial charge in [0, 0.05) is 10.6 Å². The fourth-order valence-corrected chi connectivity index (χ4v) is 1.54. The van der Waals surface area contributed by atoms with E-state index in [9.17, 15) is 0 Å². The Morgan fingerprint density at radius 3 is 2.80 bits per heavy atom. The molecule has 0 aliphatic heterocycles. The summed E-state index contributed by atoms with van der Waals surface area (Å²) in [5, 5.41) is 7.38. The van der Waals surface area contributed by atoms with Crippen molar-refractivity contribution >= 4 is 23.8 Å². The third-order valence-corrected chi connectivity index (χ3v) is 2.83. The number of aryl methyl sites for hydroxylation is 1. The molecule has 0 spiro atoms. The SMILES string of the molecule is Cc1cc(-c2n[nH]c(=S)n2N)ccc1Cl. The van der Waals surface area contributed by atoms with Crippen LogP contribution in [0.2, 0.25) is 5.02 Å². The van der Waals surface area contributed by atoms with E-state index < -0.39 is 0 Å². The minimum atomic E-state index is 0.387. The number of H-pyrrole nitrogens is 1. The zero-order valence-electron chi connectivity index (χ0n) is 7.99. The van der Waals surface area contributed by atoms with Crippen molar-refractivity contribution in [3.8, 4) is 11.4 Å². The Bertz CT molecular complexity index is 557. The second-order valence-electron chi connectivity index (χ2n) is 3.19. The van der Waals surface area contributed by atoms with Crippen LogP contribution in [0.5, 0.6) is 0 Å². The quantitative estimate of drug-likeness (QED) is 0.594. The van der Waals surface area contributed by atoms with Gasteiger partial charge in [-0.25, -0.2) is 9.77 Å². The Labute approximate surface area is 96.7 Å². The van der Waals surface area contributed by atoms with Gasteiger partial charge < -0.3 is 5.84 Å². The highest BCUT2D eigenvalue weighted by atomic mass is 35.5. The van der Waals surface area contributed by atoms with E-state index >= 15 is 0 Å². The third-order valence-electron chi connectivity index (χ3n) is 2.12. The highest BCUT2D eigenvalue weighted by Crippen LogP contribution is 2.22. The van der Waals surface area contributed by atoms with Gasteiger partial charge in [-0.3, -0.25) is 0 Å². The first kappa shape index (κ1) is 10.2. The first-order valence-corrected chi connectivity index (χ1v) is 5.07. The zero-order chi connectivity index (χ0) is 11.0. The smallest absolute Gasteiger partial charge is 0.214 e. The largest absolute Gasteiger partial charge is 0.335 e. The van der Waals surface area contributed by atoms with Crippen LogP contribution < -0.4 is 5.84 Å². The summed E-state index contributed by atoms with van der Waals surface area (Å²) in [6.45, 7) is 1.92. The lowest BCUT2D eigenvalue weighted by Gasteiger charge is -2.02. The van der Waals surface area contributed by atoms with E-state index in [1.165, 1.54) is 4.68 Å². The molecule has 15 heavy (non-hydrogen) atoms. The molecule has 3 N–H and O–H groups in total. The van der Waals surface area contributed by atoms with Crippen molar-refractivity contribution in [2.45, 2.75) is 6.92 Å². The Balaban J connectivity index is 2.59. The normalized spacial score (nSPS) is 10.5. The van der Waals surface area contributed by atoms with Crippen LogP contribution >= 0.6 is 23.8 Å². The topological polar surface area (TPSA) is 59.6 Å². The maximum atomic E-state index is 5.93. The average Bonchev–Trinajstić information content (AvgIpc) is 2.53. The molecule has 2 aromatic rings. The average molecular weight is 241 g/mol. The summed E-state index contributed by atoms with van der Waals surface area (Å²) in [5.41, 5.74) is 1.86. The minimum Gasteiger partial charge on any atom is -0.335 e. The number of rotatable bonds is 1. The molecule has 0 fully saturated rings. The van der Waals surface area contributed by atoms with Gasteiger partial charge in [-0.1, -0.05) is 11.6 Å². The molecule has 2 rings (SSSR count). The summed E-state index contributed by atoms with van der Waals surface area (Å²) in [6.07, 6.45) is 0. The molecule has 1 heterocycles. The lowest BCUT2D eigenvalue weighted by molar-refractivity contribution is 0.984. The standard InChI is InChI=1S/C9H9ClN4S/c1-5-4-6(2-3-7(5)10)8-12-13-9(15)14(8)11/h2-4H,11H2,1H3,(H,13,15). The molecule has 6 heteroatoms. The Hall–Kier alpha value is -1.33. The highest BCUT2D eigenvalue weighted by Gasteiger charge is 2.07. The molecular formula is C9H9ClN4S. The third kappa shape index (κ3) is 1.75. The van der Waals surface area contributed by atoms with Gasteiger partial charge in [0.1, 0.15) is 0 Å². The van der Waals surface area contributed by atoms with Gasteiger partial charge in [-0.15, -0.1) is 0 Å². The van der Waals surface area contributed by atoms with Gasteiger partial charge in [-0.05, 0) is 42.9 Å². The van der Waals surface area contributed by atoms with Crippen molar-refractivity contribution in [1.29, 1.82) is 0 Å². The van der Waals surface area contributed by atoms with E-state index in [2.05, 4.69) is 10.2 Å². The van der Waals surface area contributed by atoms with Crippen LogP contribution in [0.4, 0.5) is 0 Å². The van der Waals surface area contributed by atoms with E-state index in [4.69, 9.17) is 29.7 Å². The van der Waals surface area contributed by atoms with Crippen molar-refractivity contribution in [3.05, 3.63) is 33.6 Å². The maximum absolute atomic E-state index is 5.93. The van der Waals surface area contributed by atoms with Crippen LogP contribution in [-0.2, 0) is 0 Å². The summed E-state index contributed by atoms with van der Waals surface area (Å²) in [4.78, 5) is 0. The van der Waals surface area contributed by atoms with Crippen LogP contribution in [0.1, 0.15) is 5.56 Å². The van der Waals surface area contributed by atoms with Gasteiger partial charge in [-0.2, -0.15) is 5.10 Å². The summed E-state index contributed by atoms with van der Waals surface area (Å²) >= 11 is 10.9. The first-order valence-electron chi connectivity index (χ1n) is 4.28. The van der Waals surface area contributed by atoms with Crippen molar-refractivity contribution < 1.29 is 0 Å². The van der Waals surface area contributed by atoms with Gasteiger partial charge in [0.25, 0.3) is 0 Å². The van der Waals surface area contributed by atoms with Gasteiger partial charge in [0.15, 0.2) is 5.82 Å². The molecule has 0 saturated carbocycles. The fourth-order valence-electron chi connectivity index (χ4n) is 1.29. The predicted octanol–water partition coefficient (Wildman–Crippen LogP) is 2.28. The second kappa shape index (κ2) is 3.67. The van der Waals surface area contributed by atoms with Crippen LogP contribution in [-0.4, -0.2) is 14.9 Å². The van der Waals surface area contributed by atoms with E-state index in [0.717, 1.165) is 16.1 Å². The van der Waals surface area contributed by atoms with E-state index in [1.54, 1.807) is 0 Å². The molecule has 4 nitrogen and oxygen atoms in total. The number of hydrogen-bond acceptors (Lipinski definition) is 3. The lowest BCUT2D eigenvalue weighted by Crippen LogP contribution is -2.09. The Morgan fingerprint density at radius 1 is 1.53 bits per heavy atom. The van der Waals surface area contributed by atoms with Crippen molar-refractivity contribution in [1.82, 2.24) is 14.9 Å². The molecule has 1 aromatic carbocycles. The van der Waals surface area contributed by atoms with Gasteiger partial charge in [0.05, 0.1) is 0 Å². The number of aromatic nitrogens is 3. The molecule has 78 valence electrons. The monoisotopic (exact) mass is 240 g/mol. The molecule has 0 saturated heterocycles. The number of benzene rings is 1. The molecule has 0 radical (unpaired) electrons. The number of aromatic amines is 1. The molecule has 0 amide bonds. The molecule has 0 atom stereocenters. The van der Waals surface area contributed by atoms with Crippen molar-refractivity contribution in [2.75, 3.05) is 5.84 Å². The lowest BCUT2D eigenvalue weighted by atomic mass is 10.1. The first-order chi connectivity index (χ1) is 7.09. The van der Waals surface area contributed by atoms with Crippen LogP contribution in [0.3, 0.4) is 0 Å². The number of halogens is 1. The van der Waals surface area contributed by atoms with Crippen molar-refractivity contribution in [3.63, 3.8) is 0 Å². The van der Waals surface area contributed by atoms with E-state index in [-0.39, 0.29) is 0 Å². The molecule has 0 bridgehead atoms. The second-order valence-corrected chi connectivity index (χ2v) is 3.98. The number of nitrogens with one attached hydrogen (secondary N) is 1. The molecule has 0 aliphatic rings. The molecule has 0 aliphatic carbocycles. The van der Waals surface area contributed by atoms with E-state index in [1.807, 2.05) is 25.1 Å². The van der Waals surface area contributed by atoms with Crippen LogP contribution in [0, 0.1) is 11.7 Å². The fraction of sp³-hybridized carbons (Fsp3) is 0.111. The predicted molar refractivity (Wildman–Crippen MR) is 62.7 cm³/mol.